The zero-order valence-electron chi connectivity index (χ0n) is 13.5. The van der Waals surface area contributed by atoms with Crippen molar-refractivity contribution in [3.63, 3.8) is 0 Å². The summed E-state index contributed by atoms with van der Waals surface area (Å²) in [5.41, 5.74) is 2.22. The fourth-order valence-corrected chi connectivity index (χ4v) is 3.53. The first-order valence-corrected chi connectivity index (χ1v) is 9.30. The van der Waals surface area contributed by atoms with E-state index in [0.29, 0.717) is 0 Å². The summed E-state index contributed by atoms with van der Waals surface area (Å²) in [5, 5.41) is 8.44. The highest BCUT2D eigenvalue weighted by Gasteiger charge is 2.12. The van der Waals surface area contributed by atoms with Crippen molar-refractivity contribution in [1.29, 1.82) is 0 Å². The van der Waals surface area contributed by atoms with Crippen LogP contribution in [0.5, 0.6) is 0 Å². The summed E-state index contributed by atoms with van der Waals surface area (Å²) in [4.78, 5) is 0. The van der Waals surface area contributed by atoms with Crippen LogP contribution in [0.1, 0.15) is 103 Å². The second-order valence-corrected chi connectivity index (χ2v) is 6.74. The SMILES string of the molecule is ONCCCCCCCCCCCCC1CCCCC1. The minimum atomic E-state index is 0.751. The summed E-state index contributed by atoms with van der Waals surface area (Å²) < 4.78 is 0. The van der Waals surface area contributed by atoms with Gasteiger partial charge < -0.3 is 5.21 Å². The molecular formula is C18H37NO. The molecule has 1 aliphatic carbocycles. The number of unbranched alkanes of at least 4 members (excludes halogenated alkanes) is 9. The summed E-state index contributed by atoms with van der Waals surface area (Å²) in [6.07, 6.45) is 22.8. The highest BCUT2D eigenvalue weighted by Crippen LogP contribution is 2.28. The normalized spacial score (nSPS) is 16.6. The lowest BCUT2D eigenvalue weighted by molar-refractivity contribution is 0.164. The van der Waals surface area contributed by atoms with Crippen molar-refractivity contribution in [2.45, 2.75) is 103 Å². The zero-order valence-corrected chi connectivity index (χ0v) is 13.5. The van der Waals surface area contributed by atoms with Gasteiger partial charge in [-0.2, -0.15) is 0 Å². The van der Waals surface area contributed by atoms with Crippen LogP contribution in [0.2, 0.25) is 0 Å². The Morgan fingerprint density at radius 1 is 0.650 bits per heavy atom. The van der Waals surface area contributed by atoms with E-state index in [-0.39, 0.29) is 0 Å². The van der Waals surface area contributed by atoms with Crippen molar-refractivity contribution < 1.29 is 5.21 Å². The maximum Gasteiger partial charge on any atom is 0.0207 e. The van der Waals surface area contributed by atoms with Crippen molar-refractivity contribution in [1.82, 2.24) is 5.48 Å². The Kier molecular flexibility index (Phi) is 12.5. The van der Waals surface area contributed by atoms with Crippen LogP contribution in [0.3, 0.4) is 0 Å². The van der Waals surface area contributed by atoms with E-state index in [1.165, 1.54) is 96.3 Å². The molecule has 0 heterocycles. The van der Waals surface area contributed by atoms with E-state index in [0.717, 1.165) is 18.9 Å². The van der Waals surface area contributed by atoms with Crippen molar-refractivity contribution in [2.24, 2.45) is 5.92 Å². The second kappa shape index (κ2) is 13.9. The number of rotatable bonds is 13. The Labute approximate surface area is 126 Å². The van der Waals surface area contributed by atoms with Gasteiger partial charge in [-0.05, 0) is 12.3 Å². The van der Waals surface area contributed by atoms with Gasteiger partial charge in [-0.15, -0.1) is 0 Å². The Morgan fingerprint density at radius 2 is 1.15 bits per heavy atom. The van der Waals surface area contributed by atoms with E-state index in [1.54, 1.807) is 0 Å². The lowest BCUT2D eigenvalue weighted by atomic mass is 9.85. The van der Waals surface area contributed by atoms with Gasteiger partial charge in [-0.3, -0.25) is 0 Å². The van der Waals surface area contributed by atoms with Gasteiger partial charge in [0.2, 0.25) is 0 Å². The minimum Gasteiger partial charge on any atom is -0.317 e. The molecule has 0 aromatic heterocycles. The molecule has 0 radical (unpaired) electrons. The molecule has 0 aliphatic heterocycles. The highest BCUT2D eigenvalue weighted by atomic mass is 16.5. The molecule has 2 N–H and O–H groups in total. The highest BCUT2D eigenvalue weighted by molar-refractivity contribution is 4.65. The van der Waals surface area contributed by atoms with Crippen LogP contribution < -0.4 is 5.48 Å². The quantitative estimate of drug-likeness (QED) is 0.329. The third-order valence-corrected chi connectivity index (χ3v) is 4.88. The van der Waals surface area contributed by atoms with Crippen LogP contribution in [0.15, 0.2) is 0 Å². The fraction of sp³-hybridized carbons (Fsp3) is 1.00. The van der Waals surface area contributed by atoms with Crippen molar-refractivity contribution >= 4 is 0 Å². The minimum absolute atomic E-state index is 0.751. The smallest absolute Gasteiger partial charge is 0.0207 e. The number of hydrogen-bond acceptors (Lipinski definition) is 2. The van der Waals surface area contributed by atoms with Gasteiger partial charge in [0.05, 0.1) is 0 Å². The van der Waals surface area contributed by atoms with Crippen molar-refractivity contribution in [3.8, 4) is 0 Å². The lowest BCUT2D eigenvalue weighted by Crippen LogP contribution is -2.07. The van der Waals surface area contributed by atoms with Crippen LogP contribution in [-0.4, -0.2) is 11.8 Å². The summed E-state index contributed by atoms with van der Waals surface area (Å²) in [7, 11) is 0. The van der Waals surface area contributed by atoms with Gasteiger partial charge in [0, 0.05) is 6.54 Å². The second-order valence-electron chi connectivity index (χ2n) is 6.74. The Hall–Kier alpha value is -0.0800. The summed E-state index contributed by atoms with van der Waals surface area (Å²) in [5.74, 6) is 1.08. The molecule has 0 amide bonds. The third-order valence-electron chi connectivity index (χ3n) is 4.88. The van der Waals surface area contributed by atoms with Crippen LogP contribution in [0, 0.1) is 5.92 Å². The third kappa shape index (κ3) is 10.7. The molecule has 0 saturated heterocycles. The van der Waals surface area contributed by atoms with Gasteiger partial charge in [0.1, 0.15) is 0 Å². The molecule has 0 atom stereocenters. The van der Waals surface area contributed by atoms with E-state index in [1.807, 2.05) is 0 Å². The molecule has 0 bridgehead atoms. The average Bonchev–Trinajstić information content (AvgIpc) is 2.49. The predicted octanol–water partition coefficient (Wildman–Crippen LogP) is 5.84. The van der Waals surface area contributed by atoms with Gasteiger partial charge in [-0.1, -0.05) is 96.3 Å². The van der Waals surface area contributed by atoms with Gasteiger partial charge in [-0.25, -0.2) is 5.48 Å². The maximum absolute atomic E-state index is 8.44. The Bertz CT molecular complexity index is 190. The molecule has 1 fully saturated rings. The van der Waals surface area contributed by atoms with E-state index in [9.17, 15) is 0 Å². The molecule has 120 valence electrons. The van der Waals surface area contributed by atoms with Crippen molar-refractivity contribution in [3.05, 3.63) is 0 Å². The van der Waals surface area contributed by atoms with Gasteiger partial charge in [0.15, 0.2) is 0 Å². The molecular weight excluding hydrogens is 246 g/mol. The monoisotopic (exact) mass is 283 g/mol. The van der Waals surface area contributed by atoms with E-state index in [4.69, 9.17) is 5.21 Å². The number of hydrogen-bond donors (Lipinski definition) is 2. The zero-order chi connectivity index (χ0) is 14.3. The van der Waals surface area contributed by atoms with Crippen LogP contribution >= 0.6 is 0 Å². The molecule has 0 unspecified atom stereocenters. The predicted molar refractivity (Wildman–Crippen MR) is 87.2 cm³/mol. The largest absolute Gasteiger partial charge is 0.317 e. The summed E-state index contributed by atoms with van der Waals surface area (Å²) in [6.45, 7) is 0.751. The molecule has 1 saturated carbocycles. The van der Waals surface area contributed by atoms with E-state index in [2.05, 4.69) is 5.48 Å². The maximum atomic E-state index is 8.44. The van der Waals surface area contributed by atoms with Crippen LogP contribution in [-0.2, 0) is 0 Å². The first-order valence-electron chi connectivity index (χ1n) is 9.30. The van der Waals surface area contributed by atoms with Gasteiger partial charge >= 0.3 is 0 Å². The topological polar surface area (TPSA) is 32.3 Å². The standard InChI is InChI=1S/C18H37NO/c20-19-17-13-8-6-4-2-1-3-5-7-10-14-18-15-11-9-12-16-18/h18-20H,1-17H2. The van der Waals surface area contributed by atoms with Crippen molar-refractivity contribution in [2.75, 3.05) is 6.54 Å². The molecule has 0 aromatic carbocycles. The molecule has 1 rings (SSSR count). The summed E-state index contributed by atoms with van der Waals surface area (Å²) >= 11 is 0. The van der Waals surface area contributed by atoms with Crippen LogP contribution in [0.25, 0.3) is 0 Å². The van der Waals surface area contributed by atoms with Crippen LogP contribution in [0.4, 0.5) is 0 Å². The average molecular weight is 284 g/mol. The molecule has 1 aliphatic rings. The molecule has 2 heteroatoms. The van der Waals surface area contributed by atoms with Gasteiger partial charge in [0.25, 0.3) is 0 Å². The summed E-state index contributed by atoms with van der Waals surface area (Å²) in [6, 6.07) is 0. The molecule has 0 aromatic rings. The van der Waals surface area contributed by atoms with E-state index >= 15 is 0 Å². The first kappa shape index (κ1) is 18.0. The Balaban J connectivity index is 1.70. The lowest BCUT2D eigenvalue weighted by Gasteiger charge is -2.21. The molecule has 0 spiro atoms. The number of nitrogens with one attached hydrogen (secondary N) is 1. The Morgan fingerprint density at radius 3 is 1.70 bits per heavy atom. The first-order chi connectivity index (χ1) is 9.93. The van der Waals surface area contributed by atoms with E-state index < -0.39 is 0 Å². The molecule has 2 nitrogen and oxygen atoms in total. The fourth-order valence-electron chi connectivity index (χ4n) is 3.53. The molecule has 20 heavy (non-hydrogen) atoms. The number of hydroxylamine groups is 1.